The Labute approximate surface area is 169 Å². The Morgan fingerprint density at radius 1 is 1.17 bits per heavy atom. The molecule has 0 spiro atoms. The highest BCUT2D eigenvalue weighted by Gasteiger charge is 2.32. The molecular weight excluding hydrogens is 390 g/mol. The highest BCUT2D eigenvalue weighted by atomic mass is 32.2. The number of aromatic nitrogens is 1. The van der Waals surface area contributed by atoms with Crippen LogP contribution in [0.25, 0.3) is 11.1 Å². The Morgan fingerprint density at radius 3 is 2.62 bits per heavy atom. The summed E-state index contributed by atoms with van der Waals surface area (Å²) in [4.78, 5) is 14.1. The fourth-order valence-corrected chi connectivity index (χ4v) is 4.84. The highest BCUT2D eigenvalue weighted by molar-refractivity contribution is 7.94. The van der Waals surface area contributed by atoms with E-state index in [0.717, 1.165) is 27.9 Å². The number of benzene rings is 2. The molecule has 0 radical (unpaired) electrons. The van der Waals surface area contributed by atoms with Gasteiger partial charge in [0.2, 0.25) is 0 Å². The highest BCUT2D eigenvalue weighted by Crippen LogP contribution is 2.42. The lowest BCUT2D eigenvalue weighted by molar-refractivity contribution is -0.136. The standard InChI is InChI=1S/C21H21N3O4S/c1-14-6-9-16(10-7-14)23-29(27,28)24-13-18-21(17-4-2-3-5-19(17)24)15(12-22-18)8-11-20(25)26/h2-7,9-10,12,22-23H,8,11,13H2,1H3,(H,25,26). The normalized spacial score (nSPS) is 12.9. The van der Waals surface area contributed by atoms with Crippen LogP contribution in [-0.4, -0.2) is 24.5 Å². The number of fused-ring (bicyclic) bond motifs is 3. The minimum absolute atomic E-state index is 0.0173. The van der Waals surface area contributed by atoms with Crippen LogP contribution in [0.15, 0.2) is 54.7 Å². The largest absolute Gasteiger partial charge is 0.481 e. The molecule has 29 heavy (non-hydrogen) atoms. The summed E-state index contributed by atoms with van der Waals surface area (Å²) >= 11 is 0. The molecule has 0 unspecified atom stereocenters. The molecule has 150 valence electrons. The van der Waals surface area contributed by atoms with Gasteiger partial charge in [-0.05, 0) is 37.1 Å². The molecule has 0 bridgehead atoms. The van der Waals surface area contributed by atoms with E-state index >= 15 is 0 Å². The fourth-order valence-electron chi connectivity index (χ4n) is 3.58. The molecule has 4 rings (SSSR count). The van der Waals surface area contributed by atoms with Crippen molar-refractivity contribution in [3.05, 3.63) is 71.5 Å². The van der Waals surface area contributed by atoms with E-state index in [1.807, 2.05) is 31.2 Å². The number of rotatable bonds is 6. The maximum atomic E-state index is 13.2. The van der Waals surface area contributed by atoms with Gasteiger partial charge in [-0.25, -0.2) is 4.31 Å². The molecule has 1 aliphatic rings. The van der Waals surface area contributed by atoms with Crippen LogP contribution in [0, 0.1) is 6.92 Å². The van der Waals surface area contributed by atoms with Crippen molar-refractivity contribution >= 4 is 27.6 Å². The first kappa shape index (κ1) is 19.1. The van der Waals surface area contributed by atoms with Gasteiger partial charge in [0.15, 0.2) is 0 Å². The summed E-state index contributed by atoms with van der Waals surface area (Å²) in [6.45, 7) is 2.08. The lowest BCUT2D eigenvalue weighted by Crippen LogP contribution is -2.37. The van der Waals surface area contributed by atoms with E-state index in [0.29, 0.717) is 17.8 Å². The van der Waals surface area contributed by atoms with Crippen molar-refractivity contribution in [2.24, 2.45) is 0 Å². The molecule has 2 aromatic carbocycles. The van der Waals surface area contributed by atoms with E-state index in [-0.39, 0.29) is 13.0 Å². The Kier molecular flexibility index (Phi) is 4.79. The Hall–Kier alpha value is -3.26. The second kappa shape index (κ2) is 7.29. The molecule has 2 heterocycles. The Morgan fingerprint density at radius 2 is 1.90 bits per heavy atom. The van der Waals surface area contributed by atoms with Gasteiger partial charge in [0.1, 0.15) is 0 Å². The molecule has 7 nitrogen and oxygen atoms in total. The van der Waals surface area contributed by atoms with E-state index in [1.165, 1.54) is 4.31 Å². The van der Waals surface area contributed by atoms with Gasteiger partial charge in [0, 0.05) is 29.4 Å². The number of para-hydroxylation sites is 1. The number of anilines is 2. The van der Waals surface area contributed by atoms with Gasteiger partial charge in [-0.15, -0.1) is 0 Å². The molecule has 0 aliphatic carbocycles. The number of nitrogens with one attached hydrogen (secondary N) is 2. The predicted octanol–water partition coefficient (Wildman–Crippen LogP) is 3.68. The number of aliphatic carboxylic acids is 1. The quantitative estimate of drug-likeness (QED) is 0.576. The number of hydrogen-bond acceptors (Lipinski definition) is 3. The van der Waals surface area contributed by atoms with Crippen LogP contribution in [0.4, 0.5) is 11.4 Å². The van der Waals surface area contributed by atoms with Crippen LogP contribution < -0.4 is 9.03 Å². The fraction of sp³-hybridized carbons (Fsp3) is 0.190. The number of aryl methyl sites for hydroxylation is 2. The molecule has 8 heteroatoms. The molecule has 1 aliphatic heterocycles. The number of hydrogen-bond donors (Lipinski definition) is 3. The first-order chi connectivity index (χ1) is 13.8. The van der Waals surface area contributed by atoms with Gasteiger partial charge in [-0.2, -0.15) is 8.42 Å². The van der Waals surface area contributed by atoms with Crippen molar-refractivity contribution in [1.82, 2.24) is 4.98 Å². The number of nitrogens with zero attached hydrogens (tertiary/aromatic N) is 1. The summed E-state index contributed by atoms with van der Waals surface area (Å²) in [7, 11) is -3.85. The maximum Gasteiger partial charge on any atom is 0.324 e. The SMILES string of the molecule is Cc1ccc(NS(=O)(=O)N2Cc3[nH]cc(CCC(=O)O)c3-c3ccccc32)cc1. The topological polar surface area (TPSA) is 103 Å². The number of H-pyrrole nitrogens is 1. The van der Waals surface area contributed by atoms with Gasteiger partial charge in [-0.3, -0.25) is 9.52 Å². The predicted molar refractivity (Wildman–Crippen MR) is 112 cm³/mol. The van der Waals surface area contributed by atoms with Crippen molar-refractivity contribution in [3.63, 3.8) is 0 Å². The summed E-state index contributed by atoms with van der Waals surface area (Å²) in [5.41, 5.74) is 5.38. The molecule has 0 saturated carbocycles. The van der Waals surface area contributed by atoms with E-state index in [2.05, 4.69) is 9.71 Å². The van der Waals surface area contributed by atoms with Crippen LogP contribution in [0.5, 0.6) is 0 Å². The molecule has 0 saturated heterocycles. The molecule has 0 amide bonds. The van der Waals surface area contributed by atoms with Gasteiger partial charge >= 0.3 is 16.2 Å². The Bertz CT molecular complexity index is 1170. The minimum atomic E-state index is -3.85. The smallest absolute Gasteiger partial charge is 0.324 e. The Balaban J connectivity index is 1.71. The van der Waals surface area contributed by atoms with E-state index in [9.17, 15) is 13.2 Å². The summed E-state index contributed by atoms with van der Waals surface area (Å²) in [6, 6.07) is 14.4. The van der Waals surface area contributed by atoms with E-state index in [1.54, 1.807) is 30.5 Å². The molecule has 0 atom stereocenters. The lowest BCUT2D eigenvalue weighted by atomic mass is 9.95. The second-order valence-electron chi connectivity index (χ2n) is 7.06. The lowest BCUT2D eigenvalue weighted by Gasteiger charge is -2.31. The first-order valence-electron chi connectivity index (χ1n) is 9.22. The van der Waals surface area contributed by atoms with Crippen LogP contribution >= 0.6 is 0 Å². The molecular formula is C21H21N3O4S. The van der Waals surface area contributed by atoms with E-state index in [4.69, 9.17) is 5.11 Å². The third kappa shape index (κ3) is 3.71. The molecule has 3 aromatic rings. The van der Waals surface area contributed by atoms with Crippen LogP contribution in [0.3, 0.4) is 0 Å². The van der Waals surface area contributed by atoms with Crippen molar-refractivity contribution < 1.29 is 18.3 Å². The summed E-state index contributed by atoms with van der Waals surface area (Å²) < 4.78 is 30.3. The summed E-state index contributed by atoms with van der Waals surface area (Å²) in [5, 5.41) is 9.01. The minimum Gasteiger partial charge on any atom is -0.481 e. The maximum absolute atomic E-state index is 13.2. The number of carbonyl (C=O) groups is 1. The number of aromatic amines is 1. The van der Waals surface area contributed by atoms with Crippen LogP contribution in [0.1, 0.15) is 23.2 Å². The summed E-state index contributed by atoms with van der Waals surface area (Å²) in [6.07, 6.45) is 2.17. The zero-order valence-electron chi connectivity index (χ0n) is 15.8. The third-order valence-electron chi connectivity index (χ3n) is 4.98. The summed E-state index contributed by atoms with van der Waals surface area (Å²) in [5.74, 6) is -0.865. The molecule has 0 fully saturated rings. The monoisotopic (exact) mass is 411 g/mol. The second-order valence-corrected chi connectivity index (χ2v) is 8.65. The zero-order valence-corrected chi connectivity index (χ0v) is 16.7. The molecule has 1 aromatic heterocycles. The number of carboxylic acid groups (broad SMARTS) is 1. The van der Waals surface area contributed by atoms with Gasteiger partial charge in [-0.1, -0.05) is 35.9 Å². The van der Waals surface area contributed by atoms with Gasteiger partial charge < -0.3 is 10.1 Å². The average Bonchev–Trinajstić information content (AvgIpc) is 3.11. The van der Waals surface area contributed by atoms with Crippen molar-refractivity contribution in [2.45, 2.75) is 26.3 Å². The van der Waals surface area contributed by atoms with Gasteiger partial charge in [0.25, 0.3) is 0 Å². The first-order valence-corrected chi connectivity index (χ1v) is 10.7. The third-order valence-corrected chi connectivity index (χ3v) is 6.38. The van der Waals surface area contributed by atoms with Crippen molar-refractivity contribution in [1.29, 1.82) is 0 Å². The number of carboxylic acids is 1. The molecule has 3 N–H and O–H groups in total. The van der Waals surface area contributed by atoms with Gasteiger partial charge in [0.05, 0.1) is 17.9 Å². The van der Waals surface area contributed by atoms with Crippen LogP contribution in [-0.2, 0) is 28.0 Å². The van der Waals surface area contributed by atoms with Crippen molar-refractivity contribution in [3.8, 4) is 11.1 Å². The van der Waals surface area contributed by atoms with Crippen molar-refractivity contribution in [2.75, 3.05) is 9.03 Å². The average molecular weight is 411 g/mol. The zero-order chi connectivity index (χ0) is 20.6. The van der Waals surface area contributed by atoms with Crippen LogP contribution in [0.2, 0.25) is 0 Å². The van der Waals surface area contributed by atoms with E-state index < -0.39 is 16.2 Å².